The van der Waals surface area contributed by atoms with Gasteiger partial charge in [-0.2, -0.15) is 0 Å². The van der Waals surface area contributed by atoms with E-state index in [4.69, 9.17) is 0 Å². The number of aryl methyl sites for hydroxylation is 1. The van der Waals surface area contributed by atoms with Gasteiger partial charge < -0.3 is 15.4 Å². The number of hydrogen-bond acceptors (Lipinski definition) is 7. The maximum atomic E-state index is 12.6. The highest BCUT2D eigenvalue weighted by molar-refractivity contribution is 7.11. The number of nitrogens with zero attached hydrogens (tertiary/aromatic N) is 2. The van der Waals surface area contributed by atoms with E-state index in [2.05, 4.69) is 25.3 Å². The maximum Gasteiger partial charge on any atom is 0.337 e. The molecule has 3 rings (SSSR count). The quantitative estimate of drug-likeness (QED) is 0.635. The highest BCUT2D eigenvalue weighted by atomic mass is 32.1. The van der Waals surface area contributed by atoms with Gasteiger partial charge in [0.05, 0.1) is 29.9 Å². The molecule has 31 heavy (non-hydrogen) atoms. The van der Waals surface area contributed by atoms with Gasteiger partial charge in [0.1, 0.15) is 4.88 Å². The van der Waals surface area contributed by atoms with Gasteiger partial charge in [0.25, 0.3) is 5.91 Å². The molecule has 1 aromatic carbocycles. The Balaban J connectivity index is 1.43. The maximum absolute atomic E-state index is 12.6. The molecule has 0 saturated carbocycles. The Kier molecular flexibility index (Phi) is 7.75. The first-order valence-electron chi connectivity index (χ1n) is 10.3. The lowest BCUT2D eigenvalue weighted by atomic mass is 10.0. The molecule has 1 aliphatic rings. The van der Waals surface area contributed by atoms with Crippen molar-refractivity contribution in [2.75, 3.05) is 20.2 Å². The van der Waals surface area contributed by atoms with E-state index in [1.54, 1.807) is 29.8 Å². The molecule has 9 heteroatoms. The molecule has 2 amide bonds. The van der Waals surface area contributed by atoms with Crippen LogP contribution in [0.2, 0.25) is 0 Å². The van der Waals surface area contributed by atoms with Crippen molar-refractivity contribution in [1.29, 1.82) is 0 Å². The predicted octanol–water partition coefficient (Wildman–Crippen LogP) is 2.14. The molecule has 166 valence electrons. The molecule has 8 nitrogen and oxygen atoms in total. The Bertz CT molecular complexity index is 920. The third-order valence-electron chi connectivity index (χ3n) is 5.59. The van der Waals surface area contributed by atoms with Gasteiger partial charge in [0, 0.05) is 25.7 Å². The van der Waals surface area contributed by atoms with Gasteiger partial charge in [0.15, 0.2) is 0 Å². The monoisotopic (exact) mass is 444 g/mol. The zero-order valence-corrected chi connectivity index (χ0v) is 18.8. The van der Waals surface area contributed by atoms with Crippen LogP contribution in [0, 0.1) is 6.92 Å². The summed E-state index contributed by atoms with van der Waals surface area (Å²) in [6, 6.07) is 6.82. The van der Waals surface area contributed by atoms with E-state index in [-0.39, 0.29) is 29.9 Å². The van der Waals surface area contributed by atoms with Crippen molar-refractivity contribution >= 4 is 29.1 Å². The third kappa shape index (κ3) is 5.89. The first kappa shape index (κ1) is 22.9. The van der Waals surface area contributed by atoms with E-state index in [1.807, 2.05) is 13.8 Å². The predicted molar refractivity (Wildman–Crippen MR) is 118 cm³/mol. The van der Waals surface area contributed by atoms with Crippen molar-refractivity contribution in [2.45, 2.75) is 45.3 Å². The smallest absolute Gasteiger partial charge is 0.337 e. The van der Waals surface area contributed by atoms with E-state index >= 15 is 0 Å². The fourth-order valence-electron chi connectivity index (χ4n) is 3.58. The minimum Gasteiger partial charge on any atom is -0.465 e. The van der Waals surface area contributed by atoms with Gasteiger partial charge in [0.2, 0.25) is 5.91 Å². The van der Waals surface area contributed by atoms with E-state index in [1.165, 1.54) is 18.4 Å². The van der Waals surface area contributed by atoms with Crippen LogP contribution < -0.4 is 10.6 Å². The topological polar surface area (TPSA) is 101 Å². The van der Waals surface area contributed by atoms with Crippen LogP contribution >= 0.6 is 11.3 Å². The Labute approximate surface area is 186 Å². The first-order valence-corrected chi connectivity index (χ1v) is 11.2. The average molecular weight is 445 g/mol. The van der Waals surface area contributed by atoms with Crippen LogP contribution in [0.4, 0.5) is 0 Å². The van der Waals surface area contributed by atoms with Crippen LogP contribution in [0.25, 0.3) is 0 Å². The molecule has 2 aromatic rings. The molecule has 2 heterocycles. The molecular formula is C22H28N4O4S. The molecule has 1 atom stereocenters. The number of amides is 2. The van der Waals surface area contributed by atoms with Crippen LogP contribution in [-0.4, -0.2) is 60.0 Å². The largest absolute Gasteiger partial charge is 0.465 e. The van der Waals surface area contributed by atoms with Crippen LogP contribution in [0.5, 0.6) is 0 Å². The molecule has 1 aromatic heterocycles. The minimum absolute atomic E-state index is 0.0418. The number of piperidine rings is 1. The molecule has 0 aliphatic carbocycles. The number of ether oxygens (including phenoxy) is 1. The fourth-order valence-corrected chi connectivity index (χ4v) is 4.29. The molecule has 1 unspecified atom stereocenters. The fraction of sp³-hybridized carbons (Fsp3) is 0.455. The summed E-state index contributed by atoms with van der Waals surface area (Å²) in [5.41, 5.74) is 3.82. The zero-order valence-electron chi connectivity index (χ0n) is 18.0. The van der Waals surface area contributed by atoms with Gasteiger partial charge in [-0.1, -0.05) is 12.1 Å². The van der Waals surface area contributed by atoms with Crippen molar-refractivity contribution in [3.63, 3.8) is 0 Å². The molecule has 1 fully saturated rings. The van der Waals surface area contributed by atoms with Gasteiger partial charge in [-0.05, 0) is 44.4 Å². The van der Waals surface area contributed by atoms with Crippen LogP contribution in [0.15, 0.2) is 29.8 Å². The number of carbonyl (C=O) groups is 3. The number of esters is 1. The third-order valence-corrected chi connectivity index (χ3v) is 6.51. The lowest BCUT2D eigenvalue weighted by Crippen LogP contribution is -2.51. The standard InChI is InChI=1S/C22H28N4O4S/c1-14-19(31-13-24-14)21(28)25-18-8-10-26(11-9-18)15(2)20(27)23-12-16-4-6-17(7-5-16)22(29)30-3/h4-7,13,15,18H,8-12H2,1-3H3,(H,23,27)(H,25,28). The second kappa shape index (κ2) is 10.5. The zero-order chi connectivity index (χ0) is 22.4. The summed E-state index contributed by atoms with van der Waals surface area (Å²) < 4.78 is 4.69. The summed E-state index contributed by atoms with van der Waals surface area (Å²) in [5, 5.41) is 6.04. The highest BCUT2D eigenvalue weighted by Gasteiger charge is 2.27. The molecule has 0 radical (unpaired) electrons. The lowest BCUT2D eigenvalue weighted by molar-refractivity contribution is -0.126. The van der Waals surface area contributed by atoms with E-state index in [0.29, 0.717) is 17.0 Å². The number of benzene rings is 1. The SMILES string of the molecule is COC(=O)c1ccc(CNC(=O)C(C)N2CCC(NC(=O)c3scnc3C)CC2)cc1. The van der Waals surface area contributed by atoms with Crippen molar-refractivity contribution in [3.05, 3.63) is 51.5 Å². The second-order valence-electron chi connectivity index (χ2n) is 7.63. The Morgan fingerprint density at radius 1 is 1.23 bits per heavy atom. The van der Waals surface area contributed by atoms with E-state index in [9.17, 15) is 14.4 Å². The molecule has 0 spiro atoms. The van der Waals surface area contributed by atoms with Crippen molar-refractivity contribution < 1.29 is 19.1 Å². The summed E-state index contributed by atoms with van der Waals surface area (Å²) in [4.78, 5) is 43.4. The lowest BCUT2D eigenvalue weighted by Gasteiger charge is -2.35. The Morgan fingerprint density at radius 3 is 2.48 bits per heavy atom. The summed E-state index contributed by atoms with van der Waals surface area (Å²) in [6.07, 6.45) is 1.60. The number of rotatable bonds is 7. The minimum atomic E-state index is -0.383. The molecule has 1 aliphatic heterocycles. The Morgan fingerprint density at radius 2 is 1.90 bits per heavy atom. The number of hydrogen-bond donors (Lipinski definition) is 2. The number of carbonyl (C=O) groups excluding carboxylic acids is 3. The number of thiazole rings is 1. The molecule has 2 N–H and O–H groups in total. The van der Waals surface area contributed by atoms with Crippen LogP contribution in [0.3, 0.4) is 0 Å². The number of methoxy groups -OCH3 is 1. The van der Waals surface area contributed by atoms with E-state index < -0.39 is 0 Å². The second-order valence-corrected chi connectivity index (χ2v) is 8.49. The van der Waals surface area contributed by atoms with Crippen LogP contribution in [-0.2, 0) is 16.1 Å². The normalized spacial score (nSPS) is 15.8. The van der Waals surface area contributed by atoms with Gasteiger partial charge in [-0.25, -0.2) is 9.78 Å². The summed E-state index contributed by atoms with van der Waals surface area (Å²) in [6.45, 7) is 5.62. The van der Waals surface area contributed by atoms with Gasteiger partial charge in [-0.3, -0.25) is 14.5 Å². The van der Waals surface area contributed by atoms with E-state index in [0.717, 1.165) is 37.2 Å². The van der Waals surface area contributed by atoms with Gasteiger partial charge >= 0.3 is 5.97 Å². The van der Waals surface area contributed by atoms with Gasteiger partial charge in [-0.15, -0.1) is 11.3 Å². The average Bonchev–Trinajstić information content (AvgIpc) is 3.23. The summed E-state index contributed by atoms with van der Waals surface area (Å²) >= 11 is 1.35. The number of nitrogens with one attached hydrogen (secondary N) is 2. The van der Waals surface area contributed by atoms with Crippen molar-refractivity contribution in [2.24, 2.45) is 0 Å². The molecule has 1 saturated heterocycles. The number of likely N-dealkylation sites (tertiary alicyclic amines) is 1. The first-order chi connectivity index (χ1) is 14.9. The molecular weight excluding hydrogens is 416 g/mol. The summed E-state index contributed by atoms with van der Waals surface area (Å²) in [7, 11) is 1.34. The van der Waals surface area contributed by atoms with Crippen molar-refractivity contribution in [1.82, 2.24) is 20.5 Å². The Hall–Kier alpha value is -2.78. The van der Waals surface area contributed by atoms with Crippen LogP contribution in [0.1, 0.15) is 51.1 Å². The summed E-state index contributed by atoms with van der Waals surface area (Å²) in [5.74, 6) is -0.492. The van der Waals surface area contributed by atoms with Crippen molar-refractivity contribution in [3.8, 4) is 0 Å². The number of aromatic nitrogens is 1. The molecule has 0 bridgehead atoms. The highest BCUT2D eigenvalue weighted by Crippen LogP contribution is 2.17.